The summed E-state index contributed by atoms with van der Waals surface area (Å²) in [4.78, 5) is 23.4. The monoisotopic (exact) mass is 371 g/mol. The molecule has 0 saturated carbocycles. The zero-order valence-electron chi connectivity index (χ0n) is 14.0. The molecular formula is C17H16F3NO5. The highest BCUT2D eigenvalue weighted by Gasteiger charge is 2.30. The van der Waals surface area contributed by atoms with E-state index in [4.69, 9.17) is 4.42 Å². The maximum atomic E-state index is 12.1. The molecule has 0 bridgehead atoms. The normalized spacial score (nSPS) is 11.1. The second kappa shape index (κ2) is 7.94. The molecule has 0 spiro atoms. The van der Waals surface area contributed by atoms with Crippen molar-refractivity contribution in [2.24, 2.45) is 0 Å². The molecule has 0 aliphatic rings. The Kier molecular flexibility index (Phi) is 5.91. The van der Waals surface area contributed by atoms with Crippen LogP contribution in [0.15, 0.2) is 34.7 Å². The highest BCUT2D eigenvalue weighted by molar-refractivity contribution is 5.90. The molecule has 0 fully saturated rings. The van der Waals surface area contributed by atoms with Crippen LogP contribution in [0.1, 0.15) is 27.4 Å². The second-order valence-corrected chi connectivity index (χ2v) is 5.32. The first-order valence-corrected chi connectivity index (χ1v) is 7.47. The largest absolute Gasteiger partial charge is 0.573 e. The summed E-state index contributed by atoms with van der Waals surface area (Å²) in [6.45, 7) is 1.66. The van der Waals surface area contributed by atoms with Gasteiger partial charge >= 0.3 is 12.3 Å². The molecule has 26 heavy (non-hydrogen) atoms. The van der Waals surface area contributed by atoms with Crippen molar-refractivity contribution in [2.75, 3.05) is 7.11 Å². The van der Waals surface area contributed by atoms with Gasteiger partial charge in [-0.05, 0) is 30.7 Å². The maximum Gasteiger partial charge on any atom is 0.573 e. The Morgan fingerprint density at radius 1 is 1.19 bits per heavy atom. The van der Waals surface area contributed by atoms with E-state index in [2.05, 4.69) is 14.8 Å². The molecule has 2 rings (SSSR count). The van der Waals surface area contributed by atoms with Gasteiger partial charge in [0.25, 0.3) is 0 Å². The number of benzene rings is 1. The summed E-state index contributed by atoms with van der Waals surface area (Å²) in [7, 11) is 1.25. The molecule has 2 aromatic rings. The topological polar surface area (TPSA) is 77.8 Å². The van der Waals surface area contributed by atoms with Gasteiger partial charge in [0, 0.05) is 0 Å². The zero-order chi connectivity index (χ0) is 19.3. The third-order valence-corrected chi connectivity index (χ3v) is 3.36. The van der Waals surface area contributed by atoms with Crippen LogP contribution in [0.4, 0.5) is 13.2 Å². The number of ether oxygens (including phenoxy) is 2. The molecule has 1 aromatic carbocycles. The summed E-state index contributed by atoms with van der Waals surface area (Å²) in [6, 6.07) is 6.48. The lowest BCUT2D eigenvalue weighted by molar-refractivity contribution is -0.274. The average molecular weight is 371 g/mol. The van der Waals surface area contributed by atoms with Gasteiger partial charge in [-0.15, -0.1) is 13.2 Å². The Balaban J connectivity index is 1.88. The predicted octanol–water partition coefficient (Wildman–Crippen LogP) is 3.13. The van der Waals surface area contributed by atoms with E-state index in [1.54, 1.807) is 6.92 Å². The van der Waals surface area contributed by atoms with Crippen molar-refractivity contribution in [1.29, 1.82) is 0 Å². The lowest BCUT2D eigenvalue weighted by Gasteiger charge is -2.09. The minimum atomic E-state index is -4.76. The lowest BCUT2D eigenvalue weighted by Crippen LogP contribution is -2.24. The first kappa shape index (κ1) is 19.4. The minimum absolute atomic E-state index is 0.0319. The van der Waals surface area contributed by atoms with E-state index in [9.17, 15) is 22.8 Å². The summed E-state index contributed by atoms with van der Waals surface area (Å²) in [6.07, 6.45) is -4.79. The van der Waals surface area contributed by atoms with E-state index in [-0.39, 0.29) is 30.2 Å². The Morgan fingerprint density at radius 3 is 2.42 bits per heavy atom. The minimum Gasteiger partial charge on any atom is -0.465 e. The quantitative estimate of drug-likeness (QED) is 0.790. The van der Waals surface area contributed by atoms with Crippen molar-refractivity contribution in [3.8, 4) is 5.75 Å². The number of rotatable bonds is 6. The van der Waals surface area contributed by atoms with Gasteiger partial charge in [0.05, 0.1) is 20.1 Å². The molecule has 1 heterocycles. The molecular weight excluding hydrogens is 355 g/mol. The van der Waals surface area contributed by atoms with Gasteiger partial charge in [0.1, 0.15) is 22.8 Å². The SMILES string of the molecule is COC(=O)c1cc(CNC(=O)Cc2ccc(OC(F)(F)F)cc2)oc1C. The number of carbonyl (C=O) groups excluding carboxylic acids is 2. The van der Waals surface area contributed by atoms with Gasteiger partial charge < -0.3 is 19.2 Å². The van der Waals surface area contributed by atoms with Crippen molar-refractivity contribution >= 4 is 11.9 Å². The van der Waals surface area contributed by atoms with Crippen molar-refractivity contribution < 1.29 is 36.7 Å². The summed E-state index contributed by atoms with van der Waals surface area (Å²) >= 11 is 0. The molecule has 0 aliphatic carbocycles. The van der Waals surface area contributed by atoms with Gasteiger partial charge in [-0.2, -0.15) is 0 Å². The van der Waals surface area contributed by atoms with Crippen molar-refractivity contribution in [2.45, 2.75) is 26.3 Å². The van der Waals surface area contributed by atoms with E-state index in [1.807, 2.05) is 0 Å². The van der Waals surface area contributed by atoms with Crippen molar-refractivity contribution in [1.82, 2.24) is 5.32 Å². The molecule has 1 N–H and O–H groups in total. The van der Waals surface area contributed by atoms with Crippen LogP contribution >= 0.6 is 0 Å². The van der Waals surface area contributed by atoms with E-state index < -0.39 is 12.3 Å². The Hall–Kier alpha value is -2.97. The highest BCUT2D eigenvalue weighted by Crippen LogP contribution is 2.22. The number of hydrogen-bond donors (Lipinski definition) is 1. The summed E-state index contributed by atoms with van der Waals surface area (Å²) in [5.41, 5.74) is 0.792. The number of aryl methyl sites for hydroxylation is 1. The number of methoxy groups -OCH3 is 1. The number of furan rings is 1. The third-order valence-electron chi connectivity index (χ3n) is 3.36. The highest BCUT2D eigenvalue weighted by atomic mass is 19.4. The van der Waals surface area contributed by atoms with Crippen LogP contribution in [0.25, 0.3) is 0 Å². The van der Waals surface area contributed by atoms with Gasteiger partial charge in [0.2, 0.25) is 5.91 Å². The Labute approximate surface area is 146 Å². The third kappa shape index (κ3) is 5.54. The molecule has 9 heteroatoms. The van der Waals surface area contributed by atoms with Gasteiger partial charge in [0.15, 0.2) is 0 Å². The van der Waals surface area contributed by atoms with Crippen LogP contribution < -0.4 is 10.1 Å². The van der Waals surface area contributed by atoms with E-state index >= 15 is 0 Å². The number of carbonyl (C=O) groups is 2. The molecule has 0 saturated heterocycles. The van der Waals surface area contributed by atoms with Crippen LogP contribution in [-0.4, -0.2) is 25.3 Å². The van der Waals surface area contributed by atoms with Gasteiger partial charge in [-0.25, -0.2) is 4.79 Å². The van der Waals surface area contributed by atoms with Crippen LogP contribution in [-0.2, 0) is 22.5 Å². The number of alkyl halides is 3. The van der Waals surface area contributed by atoms with Gasteiger partial charge in [-0.1, -0.05) is 12.1 Å². The lowest BCUT2D eigenvalue weighted by atomic mass is 10.1. The fourth-order valence-electron chi connectivity index (χ4n) is 2.19. The number of nitrogens with one attached hydrogen (secondary N) is 1. The van der Waals surface area contributed by atoms with Crippen LogP contribution in [0, 0.1) is 6.92 Å². The second-order valence-electron chi connectivity index (χ2n) is 5.32. The van der Waals surface area contributed by atoms with Crippen molar-refractivity contribution in [3.05, 3.63) is 53.0 Å². The van der Waals surface area contributed by atoms with Crippen LogP contribution in [0.3, 0.4) is 0 Å². The number of esters is 1. The van der Waals surface area contributed by atoms with Gasteiger partial charge in [-0.3, -0.25) is 4.79 Å². The standard InChI is InChI=1S/C17H16F3NO5/c1-10-14(16(23)24-2)8-13(25-10)9-21-15(22)7-11-3-5-12(6-4-11)26-17(18,19)20/h3-6,8H,7,9H2,1-2H3,(H,21,22). The number of hydrogen-bond acceptors (Lipinski definition) is 5. The fraction of sp³-hybridized carbons (Fsp3) is 0.294. The molecule has 140 valence electrons. The Bertz CT molecular complexity index is 781. The summed E-state index contributed by atoms with van der Waals surface area (Å²) in [5, 5.41) is 2.60. The predicted molar refractivity (Wildman–Crippen MR) is 83.5 cm³/mol. The first-order chi connectivity index (χ1) is 12.2. The molecule has 0 radical (unpaired) electrons. The van der Waals surface area contributed by atoms with Crippen molar-refractivity contribution in [3.63, 3.8) is 0 Å². The number of amides is 1. The van der Waals surface area contributed by atoms with Crippen LogP contribution in [0.2, 0.25) is 0 Å². The van der Waals surface area contributed by atoms with E-state index in [0.717, 1.165) is 12.1 Å². The fourth-order valence-corrected chi connectivity index (χ4v) is 2.19. The maximum absolute atomic E-state index is 12.1. The summed E-state index contributed by atoms with van der Waals surface area (Å²) < 4.78 is 50.0. The molecule has 0 unspecified atom stereocenters. The molecule has 0 atom stereocenters. The smallest absolute Gasteiger partial charge is 0.465 e. The summed E-state index contributed by atoms with van der Waals surface area (Å²) in [5.74, 6) is -0.497. The molecule has 1 amide bonds. The average Bonchev–Trinajstić information content (AvgIpc) is 2.93. The Morgan fingerprint density at radius 2 is 1.85 bits per heavy atom. The van der Waals surface area contributed by atoms with Crippen LogP contribution in [0.5, 0.6) is 5.75 Å². The molecule has 1 aromatic heterocycles. The zero-order valence-corrected chi connectivity index (χ0v) is 14.0. The molecule has 0 aliphatic heterocycles. The molecule has 6 nitrogen and oxygen atoms in total. The van der Waals surface area contributed by atoms with E-state index in [0.29, 0.717) is 17.1 Å². The first-order valence-electron chi connectivity index (χ1n) is 7.47. The number of halogens is 3. The van der Waals surface area contributed by atoms with E-state index in [1.165, 1.54) is 25.3 Å².